The van der Waals surface area contributed by atoms with E-state index in [1.54, 1.807) is 6.07 Å². The predicted molar refractivity (Wildman–Crippen MR) is 82.9 cm³/mol. The van der Waals surface area contributed by atoms with E-state index in [-0.39, 0.29) is 4.90 Å². The summed E-state index contributed by atoms with van der Waals surface area (Å²) >= 11 is 4.63. The number of unbranched alkanes of at least 4 members (excludes halogenated alkanes) is 1. The quantitative estimate of drug-likeness (QED) is 0.682. The van der Waals surface area contributed by atoms with Crippen molar-refractivity contribution in [1.82, 2.24) is 9.62 Å². The van der Waals surface area contributed by atoms with Crippen molar-refractivity contribution >= 4 is 37.3 Å². The Morgan fingerprint density at radius 2 is 2.11 bits per heavy atom. The van der Waals surface area contributed by atoms with Crippen LogP contribution in [0.3, 0.4) is 0 Å². The van der Waals surface area contributed by atoms with E-state index in [4.69, 9.17) is 5.73 Å². The van der Waals surface area contributed by atoms with Gasteiger partial charge in [-0.3, -0.25) is 0 Å². The minimum Gasteiger partial charge on any atom is -0.326 e. The molecule has 0 radical (unpaired) electrons. The summed E-state index contributed by atoms with van der Waals surface area (Å²) in [6.07, 6.45) is 1.79. The lowest BCUT2D eigenvalue weighted by atomic mass is 10.3. The van der Waals surface area contributed by atoms with Gasteiger partial charge in [0.25, 0.3) is 0 Å². The van der Waals surface area contributed by atoms with Gasteiger partial charge in [0.15, 0.2) is 0 Å². The Kier molecular flexibility index (Phi) is 6.92. The van der Waals surface area contributed by atoms with Crippen molar-refractivity contribution in [2.75, 3.05) is 27.2 Å². The van der Waals surface area contributed by atoms with E-state index in [2.05, 4.69) is 25.6 Å². The first-order chi connectivity index (χ1) is 8.86. The van der Waals surface area contributed by atoms with Crippen LogP contribution < -0.4 is 10.5 Å². The van der Waals surface area contributed by atoms with Crippen molar-refractivity contribution in [2.45, 2.75) is 24.3 Å². The highest BCUT2D eigenvalue weighted by Gasteiger charge is 2.19. The third-order valence-corrected chi connectivity index (χ3v) is 6.26. The Labute approximate surface area is 127 Å². The Balaban J connectivity index is 2.53. The molecule has 0 saturated heterocycles. The number of thiophene rings is 1. The Bertz CT molecular complexity index is 500. The van der Waals surface area contributed by atoms with E-state index in [9.17, 15) is 8.42 Å². The van der Waals surface area contributed by atoms with E-state index < -0.39 is 10.0 Å². The number of sulfonamides is 1. The average molecular weight is 370 g/mol. The Hall–Kier alpha value is 0.01000. The normalized spacial score (nSPS) is 12.3. The van der Waals surface area contributed by atoms with Crippen LogP contribution in [0.4, 0.5) is 0 Å². The number of nitrogens with one attached hydrogen (secondary N) is 1. The topological polar surface area (TPSA) is 75.4 Å². The lowest BCUT2D eigenvalue weighted by Gasteiger charge is -2.09. The third kappa shape index (κ3) is 5.49. The molecule has 0 spiro atoms. The minimum atomic E-state index is -3.44. The number of hydrogen-bond donors (Lipinski definition) is 2. The number of hydrogen-bond acceptors (Lipinski definition) is 5. The van der Waals surface area contributed by atoms with Crippen molar-refractivity contribution in [3.05, 3.63) is 14.7 Å². The Morgan fingerprint density at radius 1 is 1.42 bits per heavy atom. The maximum atomic E-state index is 12.1. The van der Waals surface area contributed by atoms with Gasteiger partial charge in [0.05, 0.1) is 3.79 Å². The molecule has 0 amide bonds. The first kappa shape index (κ1) is 17.1. The van der Waals surface area contributed by atoms with Crippen LogP contribution in [-0.2, 0) is 16.6 Å². The van der Waals surface area contributed by atoms with Crippen molar-refractivity contribution in [2.24, 2.45) is 5.73 Å². The molecule has 0 aliphatic rings. The molecule has 19 heavy (non-hydrogen) atoms. The molecule has 110 valence electrons. The summed E-state index contributed by atoms with van der Waals surface area (Å²) in [7, 11) is 0.565. The molecule has 5 nitrogen and oxygen atoms in total. The standard InChI is InChI=1S/C11H20BrN3O2S2/c1-15(2)6-4-3-5-14-19(16,17)10-7-9(8-13)18-11(10)12/h7,14H,3-6,8,13H2,1-2H3. The molecule has 0 fully saturated rings. The fourth-order valence-electron chi connectivity index (χ4n) is 1.52. The van der Waals surface area contributed by atoms with Crippen molar-refractivity contribution in [3.8, 4) is 0 Å². The second kappa shape index (κ2) is 7.70. The number of nitrogens with two attached hydrogens (primary N) is 1. The average Bonchev–Trinajstić information content (AvgIpc) is 2.70. The second-order valence-electron chi connectivity index (χ2n) is 4.46. The molecule has 0 bridgehead atoms. The predicted octanol–water partition coefficient (Wildman–Crippen LogP) is 1.59. The van der Waals surface area contributed by atoms with Crippen LogP contribution in [0.1, 0.15) is 17.7 Å². The summed E-state index contributed by atoms with van der Waals surface area (Å²) in [6, 6.07) is 1.62. The van der Waals surface area contributed by atoms with E-state index in [1.165, 1.54) is 11.3 Å². The van der Waals surface area contributed by atoms with E-state index in [0.29, 0.717) is 16.9 Å². The second-order valence-corrected chi connectivity index (χ2v) is 8.65. The first-order valence-corrected chi connectivity index (χ1v) is 9.08. The lowest BCUT2D eigenvalue weighted by Crippen LogP contribution is -2.25. The SMILES string of the molecule is CN(C)CCCCNS(=O)(=O)c1cc(CN)sc1Br. The molecule has 0 aliphatic carbocycles. The largest absolute Gasteiger partial charge is 0.326 e. The zero-order valence-corrected chi connectivity index (χ0v) is 14.4. The van der Waals surface area contributed by atoms with Gasteiger partial charge in [-0.15, -0.1) is 11.3 Å². The van der Waals surface area contributed by atoms with Gasteiger partial charge in [0.1, 0.15) is 4.90 Å². The molecule has 0 aliphatic heterocycles. The van der Waals surface area contributed by atoms with Crippen LogP contribution in [0.5, 0.6) is 0 Å². The van der Waals surface area contributed by atoms with Crippen LogP contribution in [0.25, 0.3) is 0 Å². The van der Waals surface area contributed by atoms with Gasteiger partial charge in [0.2, 0.25) is 10.0 Å². The zero-order chi connectivity index (χ0) is 14.5. The number of halogens is 1. The van der Waals surface area contributed by atoms with Gasteiger partial charge < -0.3 is 10.6 Å². The van der Waals surface area contributed by atoms with Gasteiger partial charge >= 0.3 is 0 Å². The maximum absolute atomic E-state index is 12.1. The fourth-order valence-corrected chi connectivity index (χ4v) is 5.15. The van der Waals surface area contributed by atoms with Crippen LogP contribution in [0.2, 0.25) is 0 Å². The summed E-state index contributed by atoms with van der Waals surface area (Å²) in [5.41, 5.74) is 5.51. The Morgan fingerprint density at radius 3 is 2.63 bits per heavy atom. The summed E-state index contributed by atoms with van der Waals surface area (Å²) in [6.45, 7) is 1.76. The van der Waals surface area contributed by atoms with E-state index in [0.717, 1.165) is 24.3 Å². The summed E-state index contributed by atoms with van der Waals surface area (Å²) in [5, 5.41) is 0. The van der Waals surface area contributed by atoms with Crippen molar-refractivity contribution < 1.29 is 8.42 Å². The highest BCUT2D eigenvalue weighted by Crippen LogP contribution is 2.31. The van der Waals surface area contributed by atoms with Crippen LogP contribution in [0, 0.1) is 0 Å². The van der Waals surface area contributed by atoms with Crippen LogP contribution in [0.15, 0.2) is 14.7 Å². The first-order valence-electron chi connectivity index (χ1n) is 5.99. The maximum Gasteiger partial charge on any atom is 0.242 e. The monoisotopic (exact) mass is 369 g/mol. The summed E-state index contributed by atoms with van der Waals surface area (Å²) < 4.78 is 27.4. The molecule has 3 N–H and O–H groups in total. The molecule has 1 aromatic rings. The van der Waals surface area contributed by atoms with Crippen LogP contribution in [-0.4, -0.2) is 40.5 Å². The fraction of sp³-hybridized carbons (Fsp3) is 0.636. The number of nitrogens with zero attached hydrogens (tertiary/aromatic N) is 1. The van der Waals surface area contributed by atoms with Gasteiger partial charge in [-0.2, -0.15) is 0 Å². The highest BCUT2D eigenvalue weighted by atomic mass is 79.9. The van der Waals surface area contributed by atoms with E-state index in [1.807, 2.05) is 14.1 Å². The molecule has 0 aromatic carbocycles. The zero-order valence-electron chi connectivity index (χ0n) is 11.1. The molecular weight excluding hydrogens is 350 g/mol. The molecule has 0 atom stereocenters. The van der Waals surface area contributed by atoms with Crippen LogP contribution >= 0.6 is 27.3 Å². The smallest absolute Gasteiger partial charge is 0.242 e. The van der Waals surface area contributed by atoms with Gasteiger partial charge in [-0.1, -0.05) is 0 Å². The summed E-state index contributed by atoms with van der Waals surface area (Å²) in [4.78, 5) is 3.21. The molecule has 0 saturated carbocycles. The van der Waals surface area contributed by atoms with Gasteiger partial charge in [-0.25, -0.2) is 13.1 Å². The minimum absolute atomic E-state index is 0.283. The molecule has 1 aromatic heterocycles. The van der Waals surface area contributed by atoms with Gasteiger partial charge in [-0.05, 0) is 55.5 Å². The third-order valence-electron chi connectivity index (χ3n) is 2.52. The van der Waals surface area contributed by atoms with E-state index >= 15 is 0 Å². The van der Waals surface area contributed by atoms with Gasteiger partial charge in [0, 0.05) is 18.0 Å². The summed E-state index contributed by atoms with van der Waals surface area (Å²) in [5.74, 6) is 0. The molecule has 1 rings (SSSR count). The lowest BCUT2D eigenvalue weighted by molar-refractivity contribution is 0.394. The molecule has 0 unspecified atom stereocenters. The molecule has 8 heteroatoms. The molecular formula is C11H20BrN3O2S2. The number of rotatable bonds is 8. The molecule has 1 heterocycles. The van der Waals surface area contributed by atoms with Crippen molar-refractivity contribution in [3.63, 3.8) is 0 Å². The van der Waals surface area contributed by atoms with Crippen molar-refractivity contribution in [1.29, 1.82) is 0 Å². The highest BCUT2D eigenvalue weighted by molar-refractivity contribution is 9.11.